The number of halogens is 1. The number of aromatic nitrogens is 1. The van der Waals surface area contributed by atoms with Crippen molar-refractivity contribution in [1.29, 1.82) is 0 Å². The molecule has 3 heteroatoms. The molecule has 0 fully saturated rings. The van der Waals surface area contributed by atoms with Crippen LogP contribution < -0.4 is 0 Å². The second-order valence-electron chi connectivity index (χ2n) is 2.48. The van der Waals surface area contributed by atoms with Crippen LogP contribution in [0.3, 0.4) is 0 Å². The maximum Gasteiger partial charge on any atom is 0.129 e. The van der Waals surface area contributed by atoms with Crippen LogP contribution in [-0.2, 0) is 0 Å². The molecule has 0 unspecified atom stereocenters. The van der Waals surface area contributed by atoms with Crippen molar-refractivity contribution in [3.63, 3.8) is 0 Å². The summed E-state index contributed by atoms with van der Waals surface area (Å²) in [5, 5.41) is 10.5. The van der Waals surface area contributed by atoms with Crippen molar-refractivity contribution in [3.8, 4) is 5.75 Å². The minimum Gasteiger partial charge on any atom is -0.507 e. The Morgan fingerprint density at radius 2 is 2.00 bits per heavy atom. The fourth-order valence-electron chi connectivity index (χ4n) is 1.11. The number of aromatic hydroxyl groups is 1. The summed E-state index contributed by atoms with van der Waals surface area (Å²) in [5.41, 5.74) is 0.711. The maximum absolute atomic E-state index is 9.38. The highest BCUT2D eigenvalue weighted by Gasteiger charge is 1.99. The molecule has 1 N–H and O–H groups in total. The lowest BCUT2D eigenvalue weighted by Gasteiger charge is -1.98. The molecule has 2 nitrogen and oxygen atoms in total. The highest BCUT2D eigenvalue weighted by Crippen LogP contribution is 2.23. The Morgan fingerprint density at radius 3 is 2.83 bits per heavy atom. The third-order valence-electron chi connectivity index (χ3n) is 1.67. The van der Waals surface area contributed by atoms with Gasteiger partial charge < -0.3 is 5.11 Å². The fourth-order valence-corrected chi connectivity index (χ4v) is 1.27. The number of hydrogen-bond donors (Lipinski definition) is 1. The zero-order chi connectivity index (χ0) is 8.55. The van der Waals surface area contributed by atoms with Gasteiger partial charge in [-0.05, 0) is 24.3 Å². The molecule has 1 heterocycles. The Hall–Kier alpha value is -1.28. The molecule has 0 atom stereocenters. The van der Waals surface area contributed by atoms with Crippen LogP contribution in [0.4, 0.5) is 0 Å². The summed E-state index contributed by atoms with van der Waals surface area (Å²) in [6.07, 6.45) is 0. The van der Waals surface area contributed by atoms with Crippen LogP contribution in [0.15, 0.2) is 30.3 Å². The van der Waals surface area contributed by atoms with Gasteiger partial charge in [0, 0.05) is 5.39 Å². The highest BCUT2D eigenvalue weighted by molar-refractivity contribution is 6.29. The lowest BCUT2D eigenvalue weighted by Crippen LogP contribution is -1.78. The van der Waals surface area contributed by atoms with Crippen LogP contribution in [0.2, 0.25) is 5.15 Å². The van der Waals surface area contributed by atoms with E-state index in [0.717, 1.165) is 5.39 Å². The predicted molar refractivity (Wildman–Crippen MR) is 48.4 cm³/mol. The first-order valence-electron chi connectivity index (χ1n) is 3.51. The van der Waals surface area contributed by atoms with Crippen LogP contribution in [0.1, 0.15) is 0 Å². The quantitative estimate of drug-likeness (QED) is 0.631. The number of benzene rings is 1. The van der Waals surface area contributed by atoms with E-state index in [9.17, 15) is 5.11 Å². The molecular formula is C9H6ClNO. The molecule has 0 radical (unpaired) electrons. The molecule has 0 amide bonds. The van der Waals surface area contributed by atoms with Crippen molar-refractivity contribution in [3.05, 3.63) is 35.5 Å². The van der Waals surface area contributed by atoms with Gasteiger partial charge in [-0.15, -0.1) is 0 Å². The number of rotatable bonds is 0. The molecule has 2 aromatic rings. The van der Waals surface area contributed by atoms with E-state index >= 15 is 0 Å². The number of phenolic OH excluding ortho intramolecular Hbond substituents is 1. The van der Waals surface area contributed by atoms with Crippen molar-refractivity contribution >= 4 is 22.5 Å². The molecule has 60 valence electrons. The van der Waals surface area contributed by atoms with E-state index in [1.54, 1.807) is 30.3 Å². The summed E-state index contributed by atoms with van der Waals surface area (Å²) in [7, 11) is 0. The predicted octanol–water partition coefficient (Wildman–Crippen LogP) is 2.59. The van der Waals surface area contributed by atoms with Gasteiger partial charge in [-0.3, -0.25) is 0 Å². The third kappa shape index (κ3) is 1.10. The number of phenols is 1. The van der Waals surface area contributed by atoms with Gasteiger partial charge in [0.2, 0.25) is 0 Å². The summed E-state index contributed by atoms with van der Waals surface area (Å²) >= 11 is 5.68. The molecule has 2 rings (SSSR count). The van der Waals surface area contributed by atoms with Crippen LogP contribution in [-0.4, -0.2) is 10.1 Å². The van der Waals surface area contributed by atoms with E-state index < -0.39 is 0 Å². The zero-order valence-corrected chi connectivity index (χ0v) is 6.92. The monoisotopic (exact) mass is 179 g/mol. The largest absolute Gasteiger partial charge is 0.507 e. The Morgan fingerprint density at radius 1 is 1.17 bits per heavy atom. The fraction of sp³-hybridized carbons (Fsp3) is 0. The lowest BCUT2D eigenvalue weighted by atomic mass is 10.2. The van der Waals surface area contributed by atoms with Crippen molar-refractivity contribution in [1.82, 2.24) is 4.98 Å². The summed E-state index contributed by atoms with van der Waals surface area (Å²) in [4.78, 5) is 4.04. The van der Waals surface area contributed by atoms with Crippen molar-refractivity contribution in [2.24, 2.45) is 0 Å². The van der Waals surface area contributed by atoms with E-state index in [2.05, 4.69) is 4.98 Å². The Kier molecular flexibility index (Phi) is 1.62. The summed E-state index contributed by atoms with van der Waals surface area (Å²) < 4.78 is 0. The van der Waals surface area contributed by atoms with E-state index in [1.165, 1.54) is 0 Å². The average Bonchev–Trinajstić information content (AvgIpc) is 2.04. The standard InChI is InChI=1S/C9H6ClNO/c10-9-5-4-6-7(11-9)2-1-3-8(6)12/h1-5,12H. The first-order valence-corrected chi connectivity index (χ1v) is 3.89. The topological polar surface area (TPSA) is 33.1 Å². The van der Waals surface area contributed by atoms with Crippen molar-refractivity contribution in [2.75, 3.05) is 0 Å². The van der Waals surface area contributed by atoms with E-state index in [1.807, 2.05) is 0 Å². The molecule has 0 bridgehead atoms. The molecule has 0 saturated heterocycles. The first-order chi connectivity index (χ1) is 5.77. The highest BCUT2D eigenvalue weighted by atomic mass is 35.5. The van der Waals surface area contributed by atoms with Crippen molar-refractivity contribution in [2.45, 2.75) is 0 Å². The van der Waals surface area contributed by atoms with Gasteiger partial charge >= 0.3 is 0 Å². The average molecular weight is 180 g/mol. The van der Waals surface area contributed by atoms with Gasteiger partial charge in [-0.1, -0.05) is 17.7 Å². The molecule has 0 aliphatic carbocycles. The molecule has 0 saturated carbocycles. The molecule has 1 aromatic heterocycles. The number of pyridine rings is 1. The van der Waals surface area contributed by atoms with Gasteiger partial charge in [-0.25, -0.2) is 4.98 Å². The zero-order valence-electron chi connectivity index (χ0n) is 6.16. The second kappa shape index (κ2) is 2.64. The SMILES string of the molecule is Oc1cccc2nc(Cl)ccc12. The van der Waals surface area contributed by atoms with E-state index in [-0.39, 0.29) is 5.75 Å². The number of hydrogen-bond acceptors (Lipinski definition) is 2. The minimum absolute atomic E-state index is 0.233. The molecular weight excluding hydrogens is 174 g/mol. The maximum atomic E-state index is 9.38. The Labute approximate surface area is 74.4 Å². The van der Waals surface area contributed by atoms with Gasteiger partial charge in [0.05, 0.1) is 5.52 Å². The number of nitrogens with zero attached hydrogens (tertiary/aromatic N) is 1. The van der Waals surface area contributed by atoms with E-state index in [4.69, 9.17) is 11.6 Å². The minimum atomic E-state index is 0.233. The molecule has 0 aliphatic heterocycles. The van der Waals surface area contributed by atoms with Crippen LogP contribution >= 0.6 is 11.6 Å². The molecule has 12 heavy (non-hydrogen) atoms. The van der Waals surface area contributed by atoms with E-state index in [0.29, 0.717) is 10.7 Å². The van der Waals surface area contributed by atoms with Crippen LogP contribution in [0.5, 0.6) is 5.75 Å². The number of fused-ring (bicyclic) bond motifs is 1. The molecule has 1 aromatic carbocycles. The van der Waals surface area contributed by atoms with Gasteiger partial charge in [-0.2, -0.15) is 0 Å². The summed E-state index contributed by atoms with van der Waals surface area (Å²) in [5.74, 6) is 0.233. The smallest absolute Gasteiger partial charge is 0.129 e. The molecule has 0 spiro atoms. The Bertz CT molecular complexity index is 428. The second-order valence-corrected chi connectivity index (χ2v) is 2.87. The van der Waals surface area contributed by atoms with Crippen molar-refractivity contribution < 1.29 is 5.11 Å². The third-order valence-corrected chi connectivity index (χ3v) is 1.89. The van der Waals surface area contributed by atoms with Gasteiger partial charge in [0.25, 0.3) is 0 Å². The summed E-state index contributed by atoms with van der Waals surface area (Å²) in [6, 6.07) is 8.57. The lowest BCUT2D eigenvalue weighted by molar-refractivity contribution is 0.481. The summed E-state index contributed by atoms with van der Waals surface area (Å²) in [6.45, 7) is 0. The van der Waals surface area contributed by atoms with Gasteiger partial charge in [0.1, 0.15) is 10.9 Å². The van der Waals surface area contributed by atoms with Crippen LogP contribution in [0.25, 0.3) is 10.9 Å². The molecule has 0 aliphatic rings. The normalized spacial score (nSPS) is 10.4. The Balaban J connectivity index is 2.86. The first kappa shape index (κ1) is 7.37. The van der Waals surface area contributed by atoms with Crippen LogP contribution in [0, 0.1) is 0 Å². The van der Waals surface area contributed by atoms with Gasteiger partial charge in [0.15, 0.2) is 0 Å².